The van der Waals surface area contributed by atoms with Crippen molar-refractivity contribution in [2.24, 2.45) is 0 Å². The lowest BCUT2D eigenvalue weighted by molar-refractivity contribution is -0.137. The van der Waals surface area contributed by atoms with E-state index < -0.39 is 21.9 Å². The Morgan fingerprint density at radius 1 is 1.23 bits per heavy atom. The fraction of sp³-hybridized carbons (Fsp3) is 0.444. The molecule has 0 radical (unpaired) electrons. The number of aromatic nitrogens is 2. The third-order valence-corrected chi connectivity index (χ3v) is 8.72. The number of halogens is 1. The van der Waals surface area contributed by atoms with E-state index in [2.05, 4.69) is 20.3 Å². The third kappa shape index (κ3) is 6.16. The fourth-order valence-corrected chi connectivity index (χ4v) is 6.26. The number of esters is 1. The molecule has 168 valence electrons. The van der Waals surface area contributed by atoms with Gasteiger partial charge in [-0.2, -0.15) is 4.31 Å². The number of ether oxygens (including phenoxy) is 1. The van der Waals surface area contributed by atoms with Gasteiger partial charge in [0.15, 0.2) is 4.34 Å². The first-order valence-electron chi connectivity index (χ1n) is 9.45. The third-order valence-electron chi connectivity index (χ3n) is 4.55. The standard InChI is InChI=1S/C18H21ClN4O5S3/c1-28-15(24)11-29-18-22-21-17(30-18)20-16(25)13-10-12(6-7-14(13)19)31(26,27)23-8-4-2-3-5-9-23/h6-7,10H,2-5,8-9,11H2,1H3,(H,20,21,25). The summed E-state index contributed by atoms with van der Waals surface area (Å²) in [5.74, 6) is -0.931. The van der Waals surface area contributed by atoms with Crippen molar-refractivity contribution in [3.63, 3.8) is 0 Å². The highest BCUT2D eigenvalue weighted by Gasteiger charge is 2.27. The van der Waals surface area contributed by atoms with Crippen molar-refractivity contribution in [1.29, 1.82) is 0 Å². The quantitative estimate of drug-likeness (QED) is 0.346. The number of sulfonamides is 1. The number of thioether (sulfide) groups is 1. The van der Waals surface area contributed by atoms with Gasteiger partial charge < -0.3 is 4.74 Å². The monoisotopic (exact) mass is 504 g/mol. The van der Waals surface area contributed by atoms with E-state index in [-0.39, 0.29) is 26.4 Å². The second-order valence-electron chi connectivity index (χ2n) is 6.65. The molecule has 2 aromatic rings. The number of rotatable bonds is 7. The summed E-state index contributed by atoms with van der Waals surface area (Å²) in [6.45, 7) is 0.923. The maximum atomic E-state index is 13.0. The molecule has 1 aromatic carbocycles. The predicted octanol–water partition coefficient (Wildman–Crippen LogP) is 3.27. The maximum absolute atomic E-state index is 13.0. The van der Waals surface area contributed by atoms with Crippen LogP contribution in [0.3, 0.4) is 0 Å². The summed E-state index contributed by atoms with van der Waals surface area (Å²) < 4.78 is 32.6. The van der Waals surface area contributed by atoms with E-state index >= 15 is 0 Å². The Bertz CT molecular complexity index is 1050. The SMILES string of the molecule is COC(=O)CSc1nnc(NC(=O)c2cc(S(=O)(=O)N3CCCCCC3)ccc2Cl)s1. The molecule has 3 rings (SSSR count). The van der Waals surface area contributed by atoms with Gasteiger partial charge in [0.25, 0.3) is 5.91 Å². The van der Waals surface area contributed by atoms with Gasteiger partial charge in [-0.3, -0.25) is 14.9 Å². The van der Waals surface area contributed by atoms with Crippen molar-refractivity contribution in [1.82, 2.24) is 14.5 Å². The lowest BCUT2D eigenvalue weighted by Gasteiger charge is -2.20. The number of hydrogen-bond acceptors (Lipinski definition) is 9. The van der Waals surface area contributed by atoms with E-state index in [0.717, 1.165) is 48.8 Å². The molecule has 0 aliphatic carbocycles. The lowest BCUT2D eigenvalue weighted by Crippen LogP contribution is -2.32. The number of methoxy groups -OCH3 is 1. The molecule has 0 bridgehead atoms. The van der Waals surface area contributed by atoms with Crippen molar-refractivity contribution in [2.45, 2.75) is 34.9 Å². The lowest BCUT2D eigenvalue weighted by atomic mass is 10.2. The minimum Gasteiger partial charge on any atom is -0.468 e. The zero-order valence-electron chi connectivity index (χ0n) is 16.7. The Hall–Kier alpha value is -1.73. The molecular formula is C18H21ClN4O5S3. The van der Waals surface area contributed by atoms with E-state index in [1.54, 1.807) is 0 Å². The molecule has 0 spiro atoms. The molecule has 1 amide bonds. The van der Waals surface area contributed by atoms with E-state index in [9.17, 15) is 18.0 Å². The first kappa shape index (κ1) is 23.9. The fourth-order valence-electron chi connectivity index (χ4n) is 2.93. The Morgan fingerprint density at radius 3 is 2.61 bits per heavy atom. The van der Waals surface area contributed by atoms with Crippen LogP contribution >= 0.6 is 34.7 Å². The van der Waals surface area contributed by atoms with Crippen molar-refractivity contribution in [2.75, 3.05) is 31.3 Å². The highest BCUT2D eigenvalue weighted by molar-refractivity contribution is 8.01. The molecule has 0 saturated carbocycles. The number of carbonyl (C=O) groups excluding carboxylic acids is 2. The van der Waals surface area contributed by atoms with Crippen molar-refractivity contribution in [3.05, 3.63) is 28.8 Å². The van der Waals surface area contributed by atoms with Gasteiger partial charge >= 0.3 is 5.97 Å². The molecule has 1 saturated heterocycles. The maximum Gasteiger partial charge on any atom is 0.316 e. The zero-order chi connectivity index (χ0) is 22.4. The van der Waals surface area contributed by atoms with Crippen LogP contribution in [0.2, 0.25) is 5.02 Å². The number of amides is 1. The summed E-state index contributed by atoms with van der Waals surface area (Å²) >= 11 is 8.38. The van der Waals surface area contributed by atoms with E-state index in [0.29, 0.717) is 17.4 Å². The van der Waals surface area contributed by atoms with Crippen LogP contribution in [0, 0.1) is 0 Å². The Kier molecular flexibility index (Phi) is 8.28. The van der Waals surface area contributed by atoms with Crippen molar-refractivity contribution >= 4 is 61.7 Å². The second-order valence-corrected chi connectivity index (χ2v) is 11.2. The topological polar surface area (TPSA) is 119 Å². The van der Waals surface area contributed by atoms with Gasteiger partial charge in [-0.25, -0.2) is 8.42 Å². The van der Waals surface area contributed by atoms with Crippen LogP contribution in [0.5, 0.6) is 0 Å². The minimum atomic E-state index is -3.72. The summed E-state index contributed by atoms with van der Waals surface area (Å²) in [5.41, 5.74) is 0.0246. The van der Waals surface area contributed by atoms with Crippen LogP contribution < -0.4 is 5.32 Å². The van der Waals surface area contributed by atoms with Gasteiger partial charge in [0.1, 0.15) is 0 Å². The molecule has 1 aliphatic rings. The van der Waals surface area contributed by atoms with Crippen LogP contribution in [0.15, 0.2) is 27.4 Å². The molecule has 0 unspecified atom stereocenters. The Morgan fingerprint density at radius 2 is 1.94 bits per heavy atom. The van der Waals surface area contributed by atoms with Crippen molar-refractivity contribution in [3.8, 4) is 0 Å². The molecule has 2 heterocycles. The van der Waals surface area contributed by atoms with Gasteiger partial charge in [0.05, 0.1) is 28.3 Å². The molecule has 1 aliphatic heterocycles. The summed E-state index contributed by atoms with van der Waals surface area (Å²) in [6.07, 6.45) is 3.63. The van der Waals surface area contributed by atoms with Crippen molar-refractivity contribution < 1.29 is 22.7 Å². The first-order chi connectivity index (χ1) is 14.8. The Labute approximate surface area is 193 Å². The molecular weight excluding hydrogens is 484 g/mol. The van der Waals surface area contributed by atoms with E-state index in [1.807, 2.05) is 0 Å². The second kappa shape index (κ2) is 10.7. The summed E-state index contributed by atoms with van der Waals surface area (Å²) in [4.78, 5) is 24.0. The first-order valence-corrected chi connectivity index (χ1v) is 13.1. The minimum absolute atomic E-state index is 0.0236. The molecule has 1 N–H and O–H groups in total. The summed E-state index contributed by atoms with van der Waals surface area (Å²) in [5, 5.41) is 10.7. The number of nitrogens with one attached hydrogen (secondary N) is 1. The van der Waals surface area contributed by atoms with Gasteiger partial charge in [0.2, 0.25) is 15.2 Å². The highest BCUT2D eigenvalue weighted by atomic mass is 35.5. The number of benzene rings is 1. The van der Waals surface area contributed by atoms with Crippen LogP contribution in [0.1, 0.15) is 36.0 Å². The Balaban J connectivity index is 1.74. The number of anilines is 1. The highest BCUT2D eigenvalue weighted by Crippen LogP contribution is 2.28. The molecule has 1 aromatic heterocycles. The normalized spacial score (nSPS) is 15.3. The van der Waals surface area contributed by atoms with Gasteiger partial charge in [-0.05, 0) is 31.0 Å². The zero-order valence-corrected chi connectivity index (χ0v) is 19.9. The number of carbonyl (C=O) groups is 2. The van der Waals surface area contributed by atoms with Gasteiger partial charge in [-0.15, -0.1) is 10.2 Å². The summed E-state index contributed by atoms with van der Waals surface area (Å²) in [7, 11) is -2.43. The van der Waals surface area contributed by atoms with Gasteiger partial charge in [-0.1, -0.05) is 47.5 Å². The van der Waals surface area contributed by atoms with Crippen LogP contribution in [-0.4, -0.2) is 60.7 Å². The van der Waals surface area contributed by atoms with Crippen LogP contribution in [-0.2, 0) is 19.6 Å². The average molecular weight is 505 g/mol. The predicted molar refractivity (Wildman–Crippen MR) is 119 cm³/mol. The molecule has 9 nitrogen and oxygen atoms in total. The summed E-state index contributed by atoms with van der Waals surface area (Å²) in [6, 6.07) is 4.09. The van der Waals surface area contributed by atoms with Crippen LogP contribution in [0.4, 0.5) is 5.13 Å². The van der Waals surface area contributed by atoms with E-state index in [1.165, 1.54) is 29.6 Å². The van der Waals surface area contributed by atoms with Crippen LogP contribution in [0.25, 0.3) is 0 Å². The molecule has 13 heteroatoms. The molecule has 0 atom stereocenters. The molecule has 31 heavy (non-hydrogen) atoms. The van der Waals surface area contributed by atoms with Gasteiger partial charge in [0, 0.05) is 13.1 Å². The average Bonchev–Trinajstić information content (AvgIpc) is 3.01. The largest absolute Gasteiger partial charge is 0.468 e. The van der Waals surface area contributed by atoms with E-state index in [4.69, 9.17) is 11.6 Å². The molecule has 1 fully saturated rings. The number of nitrogens with zero attached hydrogens (tertiary/aromatic N) is 3. The smallest absolute Gasteiger partial charge is 0.316 e. The number of hydrogen-bond donors (Lipinski definition) is 1.